The molecule has 150 valence electrons. The number of nitrogens with zero attached hydrogens (tertiary/aromatic N) is 1. The topological polar surface area (TPSA) is 38.8 Å². The lowest BCUT2D eigenvalue weighted by Gasteiger charge is -2.40. The van der Waals surface area contributed by atoms with E-state index in [0.29, 0.717) is 30.6 Å². The Hall–Kier alpha value is -2.40. The molecule has 0 N–H and O–H groups in total. The summed E-state index contributed by atoms with van der Waals surface area (Å²) >= 11 is 0. The molecular formula is C23H28FNO3. The van der Waals surface area contributed by atoms with Crippen molar-refractivity contribution in [3.63, 3.8) is 0 Å². The maximum absolute atomic E-state index is 14.6. The van der Waals surface area contributed by atoms with Crippen LogP contribution in [0.1, 0.15) is 49.4 Å². The highest BCUT2D eigenvalue weighted by molar-refractivity contribution is 5.69. The Bertz CT molecular complexity index is 860. The van der Waals surface area contributed by atoms with E-state index in [1.54, 1.807) is 7.05 Å². The van der Waals surface area contributed by atoms with Gasteiger partial charge in [0.15, 0.2) is 5.72 Å². The van der Waals surface area contributed by atoms with E-state index < -0.39 is 17.4 Å². The quantitative estimate of drug-likeness (QED) is 0.669. The van der Waals surface area contributed by atoms with Crippen molar-refractivity contribution in [2.75, 3.05) is 7.05 Å². The van der Waals surface area contributed by atoms with Crippen LogP contribution in [0.15, 0.2) is 42.5 Å². The van der Waals surface area contributed by atoms with Crippen LogP contribution in [0, 0.1) is 12.7 Å². The van der Waals surface area contributed by atoms with Crippen molar-refractivity contribution in [2.24, 2.45) is 0 Å². The van der Waals surface area contributed by atoms with E-state index in [1.807, 2.05) is 64.1 Å². The maximum Gasteiger partial charge on any atom is 0.412 e. The number of fused-ring (bicyclic) bond motifs is 1. The summed E-state index contributed by atoms with van der Waals surface area (Å²) in [5, 5.41) is 0. The van der Waals surface area contributed by atoms with Crippen molar-refractivity contribution >= 4 is 6.09 Å². The molecule has 1 aliphatic rings. The Labute approximate surface area is 166 Å². The van der Waals surface area contributed by atoms with Crippen LogP contribution in [-0.2, 0) is 28.2 Å². The molecule has 5 heteroatoms. The van der Waals surface area contributed by atoms with Gasteiger partial charge >= 0.3 is 6.09 Å². The molecule has 0 bridgehead atoms. The first-order valence-corrected chi connectivity index (χ1v) is 9.56. The van der Waals surface area contributed by atoms with Gasteiger partial charge in [-0.2, -0.15) is 0 Å². The van der Waals surface area contributed by atoms with Crippen LogP contribution in [0.2, 0.25) is 0 Å². The number of halogens is 1. The lowest BCUT2D eigenvalue weighted by Crippen LogP contribution is -2.49. The van der Waals surface area contributed by atoms with Crippen molar-refractivity contribution in [3.8, 4) is 0 Å². The predicted octanol–water partition coefficient (Wildman–Crippen LogP) is 5.32. The summed E-state index contributed by atoms with van der Waals surface area (Å²) in [6.45, 7) is 7.62. The standard InChI is InChI=1S/C23H28FNO3/c1-16-13-19-18(20(24)14-16)11-12-23(19,25(5)21(26)28-22(2,3)4)27-15-17-9-7-6-8-10-17/h6-10,13-14H,11-12,15H2,1-5H3. The third-order valence-corrected chi connectivity index (χ3v) is 5.00. The van der Waals surface area contributed by atoms with Gasteiger partial charge in [0.1, 0.15) is 11.4 Å². The molecule has 0 saturated heterocycles. The predicted molar refractivity (Wildman–Crippen MR) is 106 cm³/mol. The van der Waals surface area contributed by atoms with E-state index >= 15 is 0 Å². The van der Waals surface area contributed by atoms with Crippen molar-refractivity contribution in [3.05, 3.63) is 70.5 Å². The van der Waals surface area contributed by atoms with Gasteiger partial charge in [-0.25, -0.2) is 9.18 Å². The van der Waals surface area contributed by atoms with Gasteiger partial charge in [0, 0.05) is 19.0 Å². The minimum atomic E-state index is -1.07. The van der Waals surface area contributed by atoms with Crippen molar-refractivity contribution in [1.29, 1.82) is 0 Å². The minimum absolute atomic E-state index is 0.252. The smallest absolute Gasteiger partial charge is 0.412 e. The zero-order valence-electron chi connectivity index (χ0n) is 17.2. The van der Waals surface area contributed by atoms with E-state index in [2.05, 4.69) is 0 Å². The summed E-state index contributed by atoms with van der Waals surface area (Å²) < 4.78 is 26.6. The van der Waals surface area contributed by atoms with Gasteiger partial charge < -0.3 is 9.47 Å². The van der Waals surface area contributed by atoms with E-state index in [9.17, 15) is 9.18 Å². The Kier molecular flexibility index (Phi) is 5.48. The SMILES string of the molecule is Cc1cc(F)c2c(c1)C(OCc1ccccc1)(N(C)C(=O)OC(C)(C)C)CC2. The molecule has 3 rings (SSSR count). The van der Waals surface area contributed by atoms with Crippen LogP contribution in [-0.4, -0.2) is 23.6 Å². The minimum Gasteiger partial charge on any atom is -0.444 e. The van der Waals surface area contributed by atoms with Crippen LogP contribution >= 0.6 is 0 Å². The third-order valence-electron chi connectivity index (χ3n) is 5.00. The van der Waals surface area contributed by atoms with E-state index in [0.717, 1.165) is 11.1 Å². The third kappa shape index (κ3) is 4.04. The highest BCUT2D eigenvalue weighted by Crippen LogP contribution is 2.44. The molecule has 0 heterocycles. The molecule has 0 spiro atoms. The molecule has 28 heavy (non-hydrogen) atoms. The molecule has 0 radical (unpaired) electrons. The number of amides is 1. The zero-order chi connectivity index (χ0) is 20.5. The lowest BCUT2D eigenvalue weighted by atomic mass is 10.0. The maximum atomic E-state index is 14.6. The molecule has 0 aromatic heterocycles. The molecular weight excluding hydrogens is 357 g/mol. The second-order valence-electron chi connectivity index (χ2n) is 8.37. The normalized spacial score (nSPS) is 18.6. The number of carbonyl (C=O) groups excluding carboxylic acids is 1. The highest BCUT2D eigenvalue weighted by Gasteiger charge is 2.48. The molecule has 1 unspecified atom stereocenters. The molecule has 0 fully saturated rings. The number of benzene rings is 2. The van der Waals surface area contributed by atoms with Crippen molar-refractivity contribution in [1.82, 2.24) is 4.90 Å². The summed E-state index contributed by atoms with van der Waals surface area (Å²) in [6.07, 6.45) is 0.490. The first kappa shape index (κ1) is 20.3. The Balaban J connectivity index is 2.00. The second-order valence-corrected chi connectivity index (χ2v) is 8.37. The van der Waals surface area contributed by atoms with Gasteiger partial charge in [-0.15, -0.1) is 0 Å². The number of rotatable bonds is 4. The lowest BCUT2D eigenvalue weighted by molar-refractivity contribution is -0.155. The Morgan fingerprint density at radius 1 is 1.21 bits per heavy atom. The van der Waals surface area contributed by atoms with Crippen LogP contribution in [0.3, 0.4) is 0 Å². The fraction of sp³-hybridized carbons (Fsp3) is 0.435. The highest BCUT2D eigenvalue weighted by atomic mass is 19.1. The van der Waals surface area contributed by atoms with Crippen LogP contribution in [0.25, 0.3) is 0 Å². The van der Waals surface area contributed by atoms with Gasteiger partial charge in [0.2, 0.25) is 0 Å². The zero-order valence-corrected chi connectivity index (χ0v) is 17.2. The average Bonchev–Trinajstić information content (AvgIpc) is 2.98. The summed E-state index contributed by atoms with van der Waals surface area (Å²) in [4.78, 5) is 14.3. The second kappa shape index (κ2) is 7.55. The molecule has 1 aliphatic carbocycles. The molecule has 2 aromatic carbocycles. The first-order chi connectivity index (χ1) is 13.1. The molecule has 0 saturated carbocycles. The van der Waals surface area contributed by atoms with Crippen LogP contribution in [0.5, 0.6) is 0 Å². The van der Waals surface area contributed by atoms with Crippen molar-refractivity contribution < 1.29 is 18.7 Å². The molecule has 4 nitrogen and oxygen atoms in total. The number of carbonyl (C=O) groups is 1. The van der Waals surface area contributed by atoms with E-state index in [4.69, 9.17) is 9.47 Å². The first-order valence-electron chi connectivity index (χ1n) is 9.56. The summed E-state index contributed by atoms with van der Waals surface area (Å²) in [5.74, 6) is -0.252. The number of aryl methyl sites for hydroxylation is 1. The van der Waals surface area contributed by atoms with E-state index in [-0.39, 0.29) is 5.82 Å². The summed E-state index contributed by atoms with van der Waals surface area (Å²) in [6, 6.07) is 13.2. The largest absolute Gasteiger partial charge is 0.444 e. The number of hydrogen-bond acceptors (Lipinski definition) is 3. The summed E-state index contributed by atoms with van der Waals surface area (Å²) in [7, 11) is 1.66. The van der Waals surface area contributed by atoms with Gasteiger partial charge in [0.05, 0.1) is 6.61 Å². The fourth-order valence-corrected chi connectivity index (χ4v) is 3.65. The van der Waals surface area contributed by atoms with E-state index in [1.165, 1.54) is 11.0 Å². The molecule has 1 amide bonds. The van der Waals surface area contributed by atoms with Gasteiger partial charge in [-0.05, 0) is 56.9 Å². The van der Waals surface area contributed by atoms with Crippen LogP contribution < -0.4 is 0 Å². The van der Waals surface area contributed by atoms with Gasteiger partial charge in [-0.1, -0.05) is 36.4 Å². The van der Waals surface area contributed by atoms with Gasteiger partial charge in [-0.3, -0.25) is 4.90 Å². The van der Waals surface area contributed by atoms with Crippen LogP contribution in [0.4, 0.5) is 9.18 Å². The summed E-state index contributed by atoms with van der Waals surface area (Å²) in [5.41, 5.74) is 1.39. The van der Waals surface area contributed by atoms with Crippen molar-refractivity contribution in [2.45, 2.75) is 58.5 Å². The number of hydrogen-bond donors (Lipinski definition) is 0. The monoisotopic (exact) mass is 385 g/mol. The average molecular weight is 385 g/mol. The fourth-order valence-electron chi connectivity index (χ4n) is 3.65. The molecule has 2 aromatic rings. The Morgan fingerprint density at radius 2 is 1.89 bits per heavy atom. The number of ether oxygens (including phenoxy) is 2. The van der Waals surface area contributed by atoms with Gasteiger partial charge in [0.25, 0.3) is 0 Å². The molecule has 1 atom stereocenters. The Morgan fingerprint density at radius 3 is 2.54 bits per heavy atom. The molecule has 0 aliphatic heterocycles.